The normalized spacial score (nSPS) is 30.9. The van der Waals surface area contributed by atoms with Crippen LogP contribution in [0.1, 0.15) is 72.7 Å². The Kier molecular flexibility index (Phi) is 7.36. The summed E-state index contributed by atoms with van der Waals surface area (Å²) in [5.41, 5.74) is 10.8. The van der Waals surface area contributed by atoms with Crippen LogP contribution in [0, 0.1) is 11.3 Å². The lowest BCUT2D eigenvalue weighted by atomic mass is 9.61. The van der Waals surface area contributed by atoms with Crippen LogP contribution in [0.5, 0.6) is 0 Å². The topological polar surface area (TPSA) is 137 Å². The summed E-state index contributed by atoms with van der Waals surface area (Å²) >= 11 is 0. The number of nitriles is 1. The van der Waals surface area contributed by atoms with Crippen LogP contribution in [0.25, 0.3) is 0 Å². The number of nitrogens with one attached hydrogen (secondary N) is 2. The summed E-state index contributed by atoms with van der Waals surface area (Å²) in [6.07, 6.45) is 6.24. The zero-order valence-corrected chi connectivity index (χ0v) is 26.6. The van der Waals surface area contributed by atoms with Crippen molar-refractivity contribution in [2.75, 3.05) is 52.2 Å². The molecule has 5 unspecified atom stereocenters. The standard InChI is InChI=1S/C34H43FN8O3/c1-20(26-13-22(35)16-42(26)2)45-28-14-27(43-12-11-38-33(17-43)18-44-19-33)39-32(40-28)30-23-6-4-10-34(31(23)46-41-30)9-3-5-21-7-8-25(37)24(15-36)29(21)34/h7-8,14,20,22,26,28,38H,3-6,9-13,16-19,37H2,1-2H3,(H,39,40). The fraction of sp³-hybridized carbons (Fsp3) is 0.618. The van der Waals surface area contributed by atoms with Crippen molar-refractivity contribution in [1.29, 1.82) is 5.26 Å². The van der Waals surface area contributed by atoms with Crippen molar-refractivity contribution >= 4 is 11.5 Å². The molecule has 4 N–H and O–H groups in total. The first-order valence-corrected chi connectivity index (χ1v) is 16.7. The molecular formula is C34H43FN8O3. The number of nitrogens with two attached hydrogens (primary N) is 1. The summed E-state index contributed by atoms with van der Waals surface area (Å²) in [5, 5.41) is 22.2. The molecule has 12 heteroatoms. The predicted molar refractivity (Wildman–Crippen MR) is 170 cm³/mol. The van der Waals surface area contributed by atoms with Gasteiger partial charge in [0.2, 0.25) is 0 Å². The van der Waals surface area contributed by atoms with Gasteiger partial charge < -0.3 is 35.3 Å². The highest BCUT2D eigenvalue weighted by atomic mass is 19.1. The van der Waals surface area contributed by atoms with Gasteiger partial charge in [-0.1, -0.05) is 11.2 Å². The summed E-state index contributed by atoms with van der Waals surface area (Å²) < 4.78 is 32.8. The molecule has 1 aromatic carbocycles. The van der Waals surface area contributed by atoms with E-state index in [4.69, 9.17) is 29.9 Å². The molecule has 5 heterocycles. The summed E-state index contributed by atoms with van der Waals surface area (Å²) in [6.45, 7) is 6.25. The van der Waals surface area contributed by atoms with Crippen molar-refractivity contribution in [3.05, 3.63) is 57.7 Å². The number of amidine groups is 1. The van der Waals surface area contributed by atoms with E-state index < -0.39 is 17.8 Å². The molecule has 0 bridgehead atoms. The second-order valence-electron chi connectivity index (χ2n) is 14.2. The zero-order chi connectivity index (χ0) is 31.6. The molecular weight excluding hydrogens is 587 g/mol. The van der Waals surface area contributed by atoms with Crippen molar-refractivity contribution in [2.24, 2.45) is 4.99 Å². The lowest BCUT2D eigenvalue weighted by Crippen LogP contribution is -2.70. The van der Waals surface area contributed by atoms with Gasteiger partial charge in [0, 0.05) is 49.5 Å². The molecule has 3 fully saturated rings. The molecule has 6 aliphatic rings. The molecule has 2 aliphatic carbocycles. The molecule has 4 aliphatic heterocycles. The molecule has 1 aromatic heterocycles. The molecule has 3 saturated heterocycles. The Morgan fingerprint density at radius 1 is 1.24 bits per heavy atom. The van der Waals surface area contributed by atoms with E-state index in [1.807, 2.05) is 31.0 Å². The third kappa shape index (κ3) is 4.82. The zero-order valence-electron chi connectivity index (χ0n) is 26.6. The number of aliphatic imine (C=N–C) groups is 1. The van der Waals surface area contributed by atoms with Crippen molar-refractivity contribution in [3.8, 4) is 6.07 Å². The molecule has 2 spiro atoms. The first-order chi connectivity index (χ1) is 22.3. The second kappa shape index (κ2) is 11.3. The fourth-order valence-corrected chi connectivity index (χ4v) is 8.90. The van der Waals surface area contributed by atoms with Crippen LogP contribution < -0.4 is 16.4 Å². The van der Waals surface area contributed by atoms with Crippen molar-refractivity contribution < 1.29 is 18.4 Å². The van der Waals surface area contributed by atoms with Gasteiger partial charge in [0.05, 0.1) is 35.8 Å². The highest BCUT2D eigenvalue weighted by molar-refractivity contribution is 6.00. The lowest BCUT2D eigenvalue weighted by molar-refractivity contribution is -0.0965. The van der Waals surface area contributed by atoms with Gasteiger partial charge in [-0.2, -0.15) is 5.26 Å². The molecule has 0 saturated carbocycles. The molecule has 11 nitrogen and oxygen atoms in total. The Hall–Kier alpha value is -3.50. The van der Waals surface area contributed by atoms with E-state index in [9.17, 15) is 9.65 Å². The van der Waals surface area contributed by atoms with Crippen LogP contribution in [0.3, 0.4) is 0 Å². The van der Waals surface area contributed by atoms with Gasteiger partial charge >= 0.3 is 0 Å². The summed E-state index contributed by atoms with van der Waals surface area (Å²) in [7, 11) is 1.95. The second-order valence-corrected chi connectivity index (χ2v) is 14.2. The van der Waals surface area contributed by atoms with Gasteiger partial charge in [0.1, 0.15) is 18.1 Å². The van der Waals surface area contributed by atoms with Gasteiger partial charge in [0.25, 0.3) is 0 Å². The molecule has 2 aromatic rings. The minimum absolute atomic E-state index is 0.0252. The number of halogens is 1. The number of aryl methyl sites for hydroxylation is 1. The Bertz CT molecular complexity index is 1620. The van der Waals surface area contributed by atoms with Crippen molar-refractivity contribution in [1.82, 2.24) is 25.6 Å². The molecule has 244 valence electrons. The summed E-state index contributed by atoms with van der Waals surface area (Å²) in [5.74, 6) is 2.36. The van der Waals surface area contributed by atoms with Gasteiger partial charge in [-0.05, 0) is 76.1 Å². The average molecular weight is 631 g/mol. The average Bonchev–Trinajstić information content (AvgIpc) is 3.64. The number of hydrogen-bond donors (Lipinski definition) is 3. The molecule has 5 atom stereocenters. The van der Waals surface area contributed by atoms with E-state index in [0.29, 0.717) is 49.0 Å². The molecule has 46 heavy (non-hydrogen) atoms. The number of rotatable bonds is 5. The maximum atomic E-state index is 14.3. The smallest absolute Gasteiger partial charge is 0.173 e. The van der Waals surface area contributed by atoms with E-state index in [-0.39, 0.29) is 17.7 Å². The largest absolute Gasteiger partial charge is 0.398 e. The summed E-state index contributed by atoms with van der Waals surface area (Å²) in [4.78, 5) is 9.44. The molecule has 0 radical (unpaired) electrons. The van der Waals surface area contributed by atoms with Crippen LogP contribution in [0.4, 0.5) is 10.1 Å². The maximum absolute atomic E-state index is 14.3. The molecule has 8 rings (SSSR count). The third-order valence-electron chi connectivity index (χ3n) is 11.2. The quantitative estimate of drug-likeness (QED) is 0.423. The number of anilines is 1. The Morgan fingerprint density at radius 2 is 2.07 bits per heavy atom. The highest BCUT2D eigenvalue weighted by Gasteiger charge is 2.48. The third-order valence-corrected chi connectivity index (χ3v) is 11.2. The first-order valence-electron chi connectivity index (χ1n) is 16.7. The Balaban J connectivity index is 1.16. The van der Waals surface area contributed by atoms with Crippen LogP contribution in [0.2, 0.25) is 0 Å². The fourth-order valence-electron chi connectivity index (χ4n) is 8.90. The van der Waals surface area contributed by atoms with Crippen LogP contribution in [-0.4, -0.2) is 97.3 Å². The first kappa shape index (κ1) is 29.9. The van der Waals surface area contributed by atoms with E-state index in [1.165, 1.54) is 5.56 Å². The van der Waals surface area contributed by atoms with E-state index in [1.54, 1.807) is 0 Å². The van der Waals surface area contributed by atoms with Gasteiger partial charge in [-0.25, -0.2) is 9.38 Å². The minimum atomic E-state index is -0.850. The van der Waals surface area contributed by atoms with Crippen molar-refractivity contribution in [3.63, 3.8) is 0 Å². The van der Waals surface area contributed by atoms with Crippen LogP contribution >= 0.6 is 0 Å². The predicted octanol–water partition coefficient (Wildman–Crippen LogP) is 2.73. The number of nitrogens with zero attached hydrogens (tertiary/aromatic N) is 5. The monoisotopic (exact) mass is 630 g/mol. The number of nitrogen functional groups attached to an aromatic ring is 1. The summed E-state index contributed by atoms with van der Waals surface area (Å²) in [6, 6.07) is 6.32. The van der Waals surface area contributed by atoms with Gasteiger partial charge in [-0.3, -0.25) is 4.90 Å². The Labute approximate surface area is 268 Å². The number of ether oxygens (including phenoxy) is 2. The SMILES string of the molecule is CC(OC1C=C(N2CCNC3(COC3)C2)NC(c2noc3c2CCCC32CCCc3ccc(N)c(C#N)c32)=N1)C1CC(F)CN1C. The number of benzene rings is 1. The van der Waals surface area contributed by atoms with E-state index in [0.717, 1.165) is 80.9 Å². The number of hydrogen-bond acceptors (Lipinski definition) is 11. The van der Waals surface area contributed by atoms with E-state index >= 15 is 0 Å². The number of piperazine rings is 1. The van der Waals surface area contributed by atoms with Crippen molar-refractivity contribution in [2.45, 2.75) is 87.4 Å². The highest BCUT2D eigenvalue weighted by Crippen LogP contribution is 2.52. The lowest BCUT2D eigenvalue weighted by Gasteiger charge is -2.50. The number of likely N-dealkylation sites (N-methyl/N-ethyl adjacent to an activating group) is 1. The van der Waals surface area contributed by atoms with Crippen LogP contribution in [0.15, 0.2) is 33.5 Å². The van der Waals surface area contributed by atoms with Crippen LogP contribution in [-0.2, 0) is 27.7 Å². The van der Waals surface area contributed by atoms with Gasteiger partial charge in [-0.15, -0.1) is 0 Å². The number of fused-ring (bicyclic) bond motifs is 4. The van der Waals surface area contributed by atoms with Gasteiger partial charge in [0.15, 0.2) is 23.5 Å². The minimum Gasteiger partial charge on any atom is -0.398 e. The van der Waals surface area contributed by atoms with E-state index in [2.05, 4.69) is 27.7 Å². The maximum Gasteiger partial charge on any atom is 0.173 e. The number of aromatic nitrogens is 1. The number of alkyl halides is 1. The number of likely N-dealkylation sites (tertiary alicyclic amines) is 1. The Morgan fingerprint density at radius 3 is 2.80 bits per heavy atom. The molecule has 0 amide bonds.